The largest absolute Gasteiger partial charge is 0.497 e. The smallest absolute Gasteiger partial charge is 0.267 e. The minimum absolute atomic E-state index is 0.102. The van der Waals surface area contributed by atoms with Gasteiger partial charge in [0, 0.05) is 28.7 Å². The number of fused-ring (bicyclic) bond motifs is 3. The number of amides is 1. The first kappa shape index (κ1) is 23.9. The molecule has 2 aromatic carbocycles. The summed E-state index contributed by atoms with van der Waals surface area (Å²) in [6, 6.07) is 14.2. The number of halogens is 1. The number of thioether (sulfide) groups is 1. The Morgan fingerprint density at radius 2 is 1.94 bits per heavy atom. The van der Waals surface area contributed by atoms with Crippen LogP contribution < -0.4 is 15.6 Å². The molecule has 7 nitrogen and oxygen atoms in total. The van der Waals surface area contributed by atoms with Gasteiger partial charge in [-0.1, -0.05) is 23.4 Å². The summed E-state index contributed by atoms with van der Waals surface area (Å²) in [5.74, 6) is 0.605. The van der Waals surface area contributed by atoms with Crippen LogP contribution in [0.2, 0.25) is 5.02 Å². The van der Waals surface area contributed by atoms with E-state index in [4.69, 9.17) is 21.3 Å². The van der Waals surface area contributed by atoms with Gasteiger partial charge >= 0.3 is 0 Å². The fraction of sp³-hybridized carbons (Fsp3) is 0.240. The van der Waals surface area contributed by atoms with Crippen molar-refractivity contribution >= 4 is 56.5 Å². The Balaban J connectivity index is 1.52. The molecule has 0 unspecified atom stereocenters. The highest BCUT2D eigenvalue weighted by atomic mass is 35.5. The SMILES string of the molecule is COc1ccc(-n2c(SCC(=O)Nc3ccc(Cl)cc3)nc3sc4c(c3c2=O)CCN(C)C4)cc1. The van der Waals surface area contributed by atoms with E-state index in [2.05, 4.69) is 17.3 Å². The number of nitrogens with zero attached hydrogens (tertiary/aromatic N) is 3. The first-order chi connectivity index (χ1) is 16.9. The summed E-state index contributed by atoms with van der Waals surface area (Å²) >= 11 is 8.73. The molecule has 0 bridgehead atoms. The van der Waals surface area contributed by atoms with Crippen LogP contribution in [0, 0.1) is 0 Å². The van der Waals surface area contributed by atoms with Crippen molar-refractivity contribution in [2.45, 2.75) is 18.1 Å². The Morgan fingerprint density at radius 1 is 1.20 bits per heavy atom. The number of likely N-dealkylation sites (N-methyl/N-ethyl adjacent to an activating group) is 1. The molecular weight excluding hydrogens is 504 g/mol. The maximum absolute atomic E-state index is 13.8. The van der Waals surface area contributed by atoms with Gasteiger partial charge in [0.15, 0.2) is 5.16 Å². The summed E-state index contributed by atoms with van der Waals surface area (Å²) in [5, 5.41) is 4.62. The zero-order valence-electron chi connectivity index (χ0n) is 19.2. The number of hydrogen-bond donors (Lipinski definition) is 1. The van der Waals surface area contributed by atoms with Crippen LogP contribution in [0.15, 0.2) is 58.5 Å². The van der Waals surface area contributed by atoms with Gasteiger partial charge < -0.3 is 15.0 Å². The number of rotatable bonds is 6. The minimum atomic E-state index is -0.194. The number of nitrogens with one attached hydrogen (secondary N) is 1. The second-order valence-corrected chi connectivity index (χ2v) is 10.7. The van der Waals surface area contributed by atoms with Crippen molar-refractivity contribution in [3.63, 3.8) is 0 Å². The van der Waals surface area contributed by atoms with Gasteiger partial charge in [0.25, 0.3) is 5.56 Å². The number of aromatic nitrogens is 2. The Kier molecular flexibility index (Phi) is 6.84. The molecule has 0 spiro atoms. The van der Waals surface area contributed by atoms with Gasteiger partial charge in [-0.3, -0.25) is 14.2 Å². The van der Waals surface area contributed by atoms with Gasteiger partial charge in [-0.25, -0.2) is 4.98 Å². The molecule has 35 heavy (non-hydrogen) atoms. The summed E-state index contributed by atoms with van der Waals surface area (Å²) < 4.78 is 6.88. The van der Waals surface area contributed by atoms with Crippen molar-refractivity contribution in [1.29, 1.82) is 0 Å². The molecule has 180 valence electrons. The van der Waals surface area contributed by atoms with E-state index in [0.717, 1.165) is 29.9 Å². The van der Waals surface area contributed by atoms with E-state index in [-0.39, 0.29) is 17.2 Å². The van der Waals surface area contributed by atoms with Crippen LogP contribution in [0.1, 0.15) is 10.4 Å². The molecule has 0 saturated carbocycles. The van der Waals surface area contributed by atoms with Gasteiger partial charge in [-0.2, -0.15) is 0 Å². The second kappa shape index (κ2) is 10.0. The highest BCUT2D eigenvalue weighted by Gasteiger charge is 2.24. The fourth-order valence-corrected chi connectivity index (χ4v) is 6.35. The van der Waals surface area contributed by atoms with Crippen LogP contribution in [0.4, 0.5) is 5.69 Å². The molecule has 1 aliphatic heterocycles. The molecule has 10 heteroatoms. The third-order valence-corrected chi connectivity index (χ3v) is 8.13. The van der Waals surface area contributed by atoms with Crippen LogP contribution in [0.3, 0.4) is 0 Å². The molecule has 1 aliphatic rings. The van der Waals surface area contributed by atoms with E-state index < -0.39 is 0 Å². The summed E-state index contributed by atoms with van der Waals surface area (Å²) in [4.78, 5) is 35.5. The summed E-state index contributed by atoms with van der Waals surface area (Å²) in [6.07, 6.45) is 0.821. The van der Waals surface area contributed by atoms with Gasteiger partial charge in [-0.15, -0.1) is 11.3 Å². The Labute approximate surface area is 215 Å². The van der Waals surface area contributed by atoms with Gasteiger partial charge in [0.2, 0.25) is 5.91 Å². The van der Waals surface area contributed by atoms with Gasteiger partial charge in [-0.05, 0) is 67.6 Å². The lowest BCUT2D eigenvalue weighted by Crippen LogP contribution is -2.27. The lowest BCUT2D eigenvalue weighted by atomic mass is 10.1. The van der Waals surface area contributed by atoms with E-state index in [1.807, 2.05) is 24.3 Å². The average molecular weight is 527 g/mol. The summed E-state index contributed by atoms with van der Waals surface area (Å²) in [7, 11) is 3.68. The molecule has 5 rings (SSSR count). The predicted molar refractivity (Wildman–Crippen MR) is 143 cm³/mol. The van der Waals surface area contributed by atoms with Crippen molar-refractivity contribution in [1.82, 2.24) is 14.5 Å². The van der Waals surface area contributed by atoms with E-state index in [1.54, 1.807) is 47.3 Å². The molecular formula is C25H23ClN4O3S2. The number of ether oxygens (including phenoxy) is 1. The van der Waals surface area contributed by atoms with Crippen LogP contribution >= 0.6 is 34.7 Å². The fourth-order valence-electron chi connectivity index (χ4n) is 4.07. The van der Waals surface area contributed by atoms with Crippen LogP contribution in [0.25, 0.3) is 15.9 Å². The van der Waals surface area contributed by atoms with Crippen molar-refractivity contribution < 1.29 is 9.53 Å². The van der Waals surface area contributed by atoms with Crippen molar-refractivity contribution in [3.8, 4) is 11.4 Å². The van der Waals surface area contributed by atoms with Crippen LogP contribution in [-0.2, 0) is 17.8 Å². The van der Waals surface area contributed by atoms with E-state index in [0.29, 0.717) is 32.7 Å². The number of anilines is 1. The molecule has 1 N–H and O–H groups in total. The molecule has 0 aliphatic carbocycles. The summed E-state index contributed by atoms with van der Waals surface area (Å²) in [6.45, 7) is 1.71. The minimum Gasteiger partial charge on any atom is -0.497 e. The number of carbonyl (C=O) groups excluding carboxylic acids is 1. The number of methoxy groups -OCH3 is 1. The highest BCUT2D eigenvalue weighted by molar-refractivity contribution is 7.99. The monoisotopic (exact) mass is 526 g/mol. The molecule has 4 aromatic rings. The third kappa shape index (κ3) is 4.95. The maximum Gasteiger partial charge on any atom is 0.267 e. The Morgan fingerprint density at radius 3 is 2.66 bits per heavy atom. The average Bonchev–Trinajstić information content (AvgIpc) is 3.22. The molecule has 1 amide bonds. The Hall–Kier alpha value is -2.85. The van der Waals surface area contributed by atoms with E-state index in [9.17, 15) is 9.59 Å². The lowest BCUT2D eigenvalue weighted by molar-refractivity contribution is -0.113. The second-order valence-electron chi connectivity index (χ2n) is 8.25. The number of carbonyl (C=O) groups is 1. The zero-order valence-corrected chi connectivity index (χ0v) is 21.6. The molecule has 2 aromatic heterocycles. The highest BCUT2D eigenvalue weighted by Crippen LogP contribution is 2.34. The number of thiophene rings is 1. The molecule has 0 atom stereocenters. The maximum atomic E-state index is 13.8. The first-order valence-electron chi connectivity index (χ1n) is 11.0. The Bertz CT molecular complexity index is 1450. The lowest BCUT2D eigenvalue weighted by Gasteiger charge is -2.21. The molecule has 0 radical (unpaired) electrons. The van der Waals surface area contributed by atoms with E-state index >= 15 is 0 Å². The number of hydrogen-bond acceptors (Lipinski definition) is 7. The van der Waals surface area contributed by atoms with Gasteiger partial charge in [0.1, 0.15) is 10.6 Å². The summed E-state index contributed by atoms with van der Waals surface area (Å²) in [5.41, 5.74) is 2.33. The standard InChI is InChI=1S/C25H23ClN4O3S2/c1-29-12-11-19-20(13-29)35-23-22(19)24(32)30(17-7-9-18(33-2)10-8-17)25(28-23)34-14-21(31)27-16-5-3-15(26)4-6-16/h3-10H,11-14H2,1-2H3,(H,27,31). The molecule has 3 heterocycles. The van der Waals surface area contributed by atoms with Gasteiger partial charge in [0.05, 0.1) is 23.9 Å². The number of benzene rings is 2. The van der Waals surface area contributed by atoms with Crippen LogP contribution in [-0.4, -0.2) is 46.8 Å². The molecule has 0 fully saturated rings. The quantitative estimate of drug-likeness (QED) is 0.286. The third-order valence-electron chi connectivity index (χ3n) is 5.83. The normalized spacial score (nSPS) is 13.6. The molecule has 0 saturated heterocycles. The van der Waals surface area contributed by atoms with Crippen molar-refractivity contribution in [2.75, 3.05) is 31.8 Å². The zero-order chi connectivity index (χ0) is 24.5. The van der Waals surface area contributed by atoms with Crippen molar-refractivity contribution in [3.05, 3.63) is 74.3 Å². The predicted octanol–water partition coefficient (Wildman–Crippen LogP) is 4.83. The topological polar surface area (TPSA) is 76.5 Å². The van der Waals surface area contributed by atoms with Crippen LogP contribution in [0.5, 0.6) is 5.75 Å². The first-order valence-corrected chi connectivity index (χ1v) is 13.2. The van der Waals surface area contributed by atoms with Crippen molar-refractivity contribution in [2.24, 2.45) is 0 Å². The van der Waals surface area contributed by atoms with E-state index in [1.165, 1.54) is 16.6 Å².